The molecule has 0 fully saturated rings. The van der Waals surface area contributed by atoms with E-state index in [1.165, 1.54) is 11.3 Å². The molecule has 1 aromatic heterocycles. The number of nitrogens with one attached hydrogen (secondary N) is 1. The van der Waals surface area contributed by atoms with Crippen molar-refractivity contribution in [3.05, 3.63) is 50.1 Å². The van der Waals surface area contributed by atoms with E-state index in [-0.39, 0.29) is 10.8 Å². The number of rotatable bonds is 6. The fourth-order valence-electron chi connectivity index (χ4n) is 2.18. The van der Waals surface area contributed by atoms with E-state index in [4.69, 9.17) is 5.73 Å². The molecule has 0 aliphatic heterocycles. The van der Waals surface area contributed by atoms with Crippen molar-refractivity contribution in [2.45, 2.75) is 33.2 Å². The van der Waals surface area contributed by atoms with Crippen molar-refractivity contribution in [1.82, 2.24) is 9.88 Å². The SMILES string of the molecule is Cc1sc(=O)n(CCC(=O)NCCc2ccc(N)cc2)c1C. The van der Waals surface area contributed by atoms with Crippen molar-refractivity contribution >= 4 is 22.9 Å². The number of aromatic nitrogens is 1. The van der Waals surface area contributed by atoms with Crippen LogP contribution in [0, 0.1) is 13.8 Å². The van der Waals surface area contributed by atoms with Gasteiger partial charge in [0.05, 0.1) is 0 Å². The van der Waals surface area contributed by atoms with Crippen molar-refractivity contribution in [3.63, 3.8) is 0 Å². The highest BCUT2D eigenvalue weighted by atomic mass is 32.1. The Balaban J connectivity index is 1.76. The second-order valence-electron chi connectivity index (χ2n) is 5.25. The normalized spacial score (nSPS) is 10.6. The fraction of sp³-hybridized carbons (Fsp3) is 0.375. The Morgan fingerprint density at radius 2 is 1.95 bits per heavy atom. The summed E-state index contributed by atoms with van der Waals surface area (Å²) < 4.78 is 1.67. The molecule has 6 heteroatoms. The molecule has 2 aromatic rings. The van der Waals surface area contributed by atoms with Gasteiger partial charge in [-0.2, -0.15) is 0 Å². The summed E-state index contributed by atoms with van der Waals surface area (Å²) in [7, 11) is 0. The highest BCUT2D eigenvalue weighted by Gasteiger charge is 2.09. The zero-order chi connectivity index (χ0) is 16.1. The summed E-state index contributed by atoms with van der Waals surface area (Å²) >= 11 is 1.23. The summed E-state index contributed by atoms with van der Waals surface area (Å²) in [6.07, 6.45) is 1.08. The lowest BCUT2D eigenvalue weighted by Crippen LogP contribution is -2.28. The largest absolute Gasteiger partial charge is 0.399 e. The Bertz CT molecular complexity index is 701. The monoisotopic (exact) mass is 319 g/mol. The standard InChI is InChI=1S/C16H21N3O2S/c1-11-12(2)22-16(21)19(11)10-8-15(20)18-9-7-13-3-5-14(17)6-4-13/h3-6H,7-10,17H2,1-2H3,(H,18,20). The summed E-state index contributed by atoms with van der Waals surface area (Å²) in [6.45, 7) is 4.85. The van der Waals surface area contributed by atoms with E-state index in [2.05, 4.69) is 5.32 Å². The van der Waals surface area contributed by atoms with Gasteiger partial charge in [-0.25, -0.2) is 0 Å². The first kappa shape index (κ1) is 16.3. The molecule has 1 amide bonds. The average Bonchev–Trinajstić information content (AvgIpc) is 2.72. The van der Waals surface area contributed by atoms with Crippen LogP contribution in [0.5, 0.6) is 0 Å². The van der Waals surface area contributed by atoms with E-state index in [0.29, 0.717) is 19.5 Å². The summed E-state index contributed by atoms with van der Waals surface area (Å²) in [5, 5.41) is 2.88. The Morgan fingerprint density at radius 1 is 1.27 bits per heavy atom. The van der Waals surface area contributed by atoms with Gasteiger partial charge in [0.15, 0.2) is 0 Å². The molecule has 1 heterocycles. The lowest BCUT2D eigenvalue weighted by molar-refractivity contribution is -0.121. The van der Waals surface area contributed by atoms with Crippen molar-refractivity contribution in [2.24, 2.45) is 0 Å². The fourth-order valence-corrected chi connectivity index (χ4v) is 3.04. The van der Waals surface area contributed by atoms with Gasteiger partial charge in [-0.15, -0.1) is 0 Å². The van der Waals surface area contributed by atoms with Crippen molar-refractivity contribution in [1.29, 1.82) is 0 Å². The molecule has 1 aromatic carbocycles. The van der Waals surface area contributed by atoms with Crippen LogP contribution >= 0.6 is 11.3 Å². The Kier molecular flexibility index (Phi) is 5.38. The van der Waals surface area contributed by atoms with Crippen LogP contribution in [0.3, 0.4) is 0 Å². The maximum Gasteiger partial charge on any atom is 0.307 e. The molecule has 2 rings (SSSR count). The molecule has 0 radical (unpaired) electrons. The van der Waals surface area contributed by atoms with Crippen LogP contribution in [0.1, 0.15) is 22.6 Å². The average molecular weight is 319 g/mol. The predicted octanol–water partition coefficient (Wildman–Crippen LogP) is 1.86. The Labute approximate surface area is 133 Å². The number of carbonyl (C=O) groups is 1. The van der Waals surface area contributed by atoms with Gasteiger partial charge >= 0.3 is 4.87 Å². The zero-order valence-corrected chi connectivity index (χ0v) is 13.7. The third-order valence-electron chi connectivity index (χ3n) is 3.65. The number of hydrogen-bond donors (Lipinski definition) is 2. The van der Waals surface area contributed by atoms with Gasteiger partial charge in [-0.1, -0.05) is 23.5 Å². The molecular weight excluding hydrogens is 298 g/mol. The molecule has 0 bridgehead atoms. The number of nitrogens with two attached hydrogens (primary N) is 1. The summed E-state index contributed by atoms with van der Waals surface area (Å²) in [4.78, 5) is 24.6. The molecule has 0 atom stereocenters. The first-order valence-electron chi connectivity index (χ1n) is 7.25. The quantitative estimate of drug-likeness (QED) is 0.798. The number of thiazole rings is 1. The van der Waals surface area contributed by atoms with E-state index in [1.807, 2.05) is 38.1 Å². The minimum atomic E-state index is -0.0365. The number of anilines is 1. The van der Waals surface area contributed by atoms with Crippen LogP contribution in [-0.4, -0.2) is 17.0 Å². The molecule has 22 heavy (non-hydrogen) atoms. The molecule has 0 aliphatic carbocycles. The van der Waals surface area contributed by atoms with Crippen LogP contribution in [0.15, 0.2) is 29.1 Å². The van der Waals surface area contributed by atoms with Crippen LogP contribution in [0.25, 0.3) is 0 Å². The first-order valence-corrected chi connectivity index (χ1v) is 8.07. The van der Waals surface area contributed by atoms with Gasteiger partial charge in [0.25, 0.3) is 0 Å². The number of amides is 1. The van der Waals surface area contributed by atoms with E-state index in [0.717, 1.165) is 28.2 Å². The number of aryl methyl sites for hydroxylation is 1. The number of nitrogens with zero attached hydrogens (tertiary/aromatic N) is 1. The maximum absolute atomic E-state index is 11.8. The van der Waals surface area contributed by atoms with Gasteiger partial charge in [0.2, 0.25) is 5.91 Å². The van der Waals surface area contributed by atoms with Crippen molar-refractivity contribution < 1.29 is 4.79 Å². The smallest absolute Gasteiger partial charge is 0.307 e. The number of hydrogen-bond acceptors (Lipinski definition) is 4. The molecule has 0 unspecified atom stereocenters. The van der Waals surface area contributed by atoms with Gasteiger partial charge in [0, 0.05) is 35.8 Å². The number of benzene rings is 1. The topological polar surface area (TPSA) is 77.1 Å². The van der Waals surface area contributed by atoms with E-state index >= 15 is 0 Å². The highest BCUT2D eigenvalue weighted by Crippen LogP contribution is 2.09. The van der Waals surface area contributed by atoms with E-state index in [9.17, 15) is 9.59 Å². The summed E-state index contributed by atoms with van der Waals surface area (Å²) in [5.74, 6) is -0.0365. The van der Waals surface area contributed by atoms with Crippen LogP contribution in [0.2, 0.25) is 0 Å². The maximum atomic E-state index is 11.8. The van der Waals surface area contributed by atoms with Crippen LogP contribution in [0.4, 0.5) is 5.69 Å². The van der Waals surface area contributed by atoms with Crippen LogP contribution < -0.4 is 15.9 Å². The Hall–Kier alpha value is -2.08. The third kappa shape index (κ3) is 4.21. The van der Waals surface area contributed by atoms with Crippen molar-refractivity contribution in [2.75, 3.05) is 12.3 Å². The molecule has 118 valence electrons. The van der Waals surface area contributed by atoms with Gasteiger partial charge in [0.1, 0.15) is 0 Å². The van der Waals surface area contributed by atoms with Gasteiger partial charge in [-0.05, 0) is 38.0 Å². The van der Waals surface area contributed by atoms with Crippen LogP contribution in [-0.2, 0) is 17.8 Å². The third-order valence-corrected chi connectivity index (χ3v) is 4.65. The second kappa shape index (κ2) is 7.26. The zero-order valence-electron chi connectivity index (χ0n) is 12.9. The lowest BCUT2D eigenvalue weighted by Gasteiger charge is -2.07. The summed E-state index contributed by atoms with van der Waals surface area (Å²) in [5.41, 5.74) is 8.45. The second-order valence-corrected chi connectivity index (χ2v) is 6.42. The molecule has 0 spiro atoms. The van der Waals surface area contributed by atoms with E-state index < -0.39 is 0 Å². The molecule has 0 saturated carbocycles. The lowest BCUT2D eigenvalue weighted by atomic mass is 10.1. The first-order chi connectivity index (χ1) is 10.5. The van der Waals surface area contributed by atoms with E-state index in [1.54, 1.807) is 4.57 Å². The predicted molar refractivity (Wildman–Crippen MR) is 90.2 cm³/mol. The minimum Gasteiger partial charge on any atom is -0.399 e. The molecule has 0 aliphatic rings. The molecule has 5 nitrogen and oxygen atoms in total. The molecule has 3 N–H and O–H groups in total. The Morgan fingerprint density at radius 3 is 2.55 bits per heavy atom. The highest BCUT2D eigenvalue weighted by molar-refractivity contribution is 7.09. The number of carbonyl (C=O) groups excluding carboxylic acids is 1. The summed E-state index contributed by atoms with van der Waals surface area (Å²) in [6, 6.07) is 7.62. The minimum absolute atomic E-state index is 0.00433. The van der Waals surface area contributed by atoms with Crippen molar-refractivity contribution in [3.8, 4) is 0 Å². The van der Waals surface area contributed by atoms with Gasteiger partial charge in [-0.3, -0.25) is 9.59 Å². The van der Waals surface area contributed by atoms with Gasteiger partial charge < -0.3 is 15.6 Å². The number of nitrogen functional groups attached to an aromatic ring is 1. The molecule has 0 saturated heterocycles. The molecular formula is C16H21N3O2S.